The second kappa shape index (κ2) is 8.37. The van der Waals surface area contributed by atoms with Gasteiger partial charge < -0.3 is 4.90 Å². The van der Waals surface area contributed by atoms with Gasteiger partial charge in [0.25, 0.3) is 0 Å². The maximum absolute atomic E-state index is 8.69. The fraction of sp³-hybridized carbons (Fsp3) is 0.320. The molecular weight excluding hydrogens is 328 g/mol. The van der Waals surface area contributed by atoms with E-state index < -0.39 is 0 Å². The third kappa shape index (κ3) is 3.89. The lowest BCUT2D eigenvalue weighted by Gasteiger charge is -2.30. The van der Waals surface area contributed by atoms with Gasteiger partial charge in [-0.2, -0.15) is 5.26 Å². The molecule has 0 atom stereocenters. The fourth-order valence-corrected chi connectivity index (χ4v) is 4.28. The Hall–Kier alpha value is -2.63. The Kier molecular flexibility index (Phi) is 5.51. The molecule has 136 valence electrons. The first-order valence-electron chi connectivity index (χ1n) is 10.0. The molecule has 0 aromatic heterocycles. The molecule has 0 N–H and O–H groups in total. The Bertz CT molecular complexity index is 852. The van der Waals surface area contributed by atoms with E-state index in [0.29, 0.717) is 6.42 Å². The van der Waals surface area contributed by atoms with Crippen molar-refractivity contribution in [2.75, 3.05) is 19.6 Å². The number of hydrogen-bond acceptors (Lipinski definition) is 2. The quantitative estimate of drug-likeness (QED) is 0.557. The van der Waals surface area contributed by atoms with E-state index in [-0.39, 0.29) is 0 Å². The smallest absolute Gasteiger partial charge is 0.0621 e. The minimum absolute atomic E-state index is 0.684. The van der Waals surface area contributed by atoms with E-state index in [1.807, 2.05) is 0 Å². The average Bonchev–Trinajstić information content (AvgIpc) is 2.89. The number of hydrogen-bond donors (Lipinski definition) is 0. The number of nitriles is 1. The highest BCUT2D eigenvalue weighted by Gasteiger charge is 2.22. The van der Waals surface area contributed by atoms with Crippen molar-refractivity contribution >= 4 is 17.7 Å². The van der Waals surface area contributed by atoms with Gasteiger partial charge in [-0.1, -0.05) is 66.3 Å². The van der Waals surface area contributed by atoms with Gasteiger partial charge in [0.2, 0.25) is 0 Å². The summed E-state index contributed by atoms with van der Waals surface area (Å²) < 4.78 is 0. The Morgan fingerprint density at radius 3 is 2.00 bits per heavy atom. The number of rotatable bonds is 4. The van der Waals surface area contributed by atoms with E-state index in [4.69, 9.17) is 5.26 Å². The zero-order valence-electron chi connectivity index (χ0n) is 15.8. The van der Waals surface area contributed by atoms with E-state index >= 15 is 0 Å². The van der Waals surface area contributed by atoms with Crippen molar-refractivity contribution in [2.24, 2.45) is 0 Å². The molecule has 1 fully saturated rings. The van der Waals surface area contributed by atoms with Crippen LogP contribution in [-0.2, 0) is 0 Å². The molecule has 1 aliphatic carbocycles. The summed E-state index contributed by atoms with van der Waals surface area (Å²) in [6.07, 6.45) is 9.62. The predicted molar refractivity (Wildman–Crippen MR) is 113 cm³/mol. The minimum atomic E-state index is 0.684. The molecule has 2 aliphatic rings. The number of unbranched alkanes of at least 4 members (excludes halogenated alkanes) is 2. The molecule has 1 heterocycles. The highest BCUT2D eigenvalue weighted by atomic mass is 15.1. The summed E-state index contributed by atoms with van der Waals surface area (Å²) in [6, 6.07) is 19.8. The number of nitrogens with zero attached hydrogens (tertiary/aromatic N) is 2. The van der Waals surface area contributed by atoms with Crippen molar-refractivity contribution in [2.45, 2.75) is 32.1 Å². The molecule has 0 spiro atoms. The molecular formula is C25H26N2. The summed E-state index contributed by atoms with van der Waals surface area (Å²) in [7, 11) is 0. The van der Waals surface area contributed by atoms with Gasteiger partial charge in [-0.15, -0.1) is 0 Å². The van der Waals surface area contributed by atoms with E-state index in [0.717, 1.165) is 45.3 Å². The molecule has 0 amide bonds. The van der Waals surface area contributed by atoms with Crippen LogP contribution in [0.15, 0.2) is 54.1 Å². The Morgan fingerprint density at radius 2 is 1.41 bits per heavy atom. The Balaban J connectivity index is 1.62. The van der Waals surface area contributed by atoms with Crippen LogP contribution in [0.25, 0.3) is 17.7 Å². The maximum atomic E-state index is 8.69. The van der Waals surface area contributed by atoms with Crippen molar-refractivity contribution in [3.8, 4) is 6.07 Å². The van der Waals surface area contributed by atoms with Crippen molar-refractivity contribution in [3.05, 3.63) is 76.4 Å². The minimum Gasteiger partial charge on any atom is -0.303 e. The van der Waals surface area contributed by atoms with Gasteiger partial charge in [0, 0.05) is 19.5 Å². The van der Waals surface area contributed by atoms with E-state index in [1.165, 1.54) is 27.8 Å². The third-order valence-corrected chi connectivity index (χ3v) is 5.73. The first-order valence-corrected chi connectivity index (χ1v) is 10.0. The topological polar surface area (TPSA) is 27.0 Å². The van der Waals surface area contributed by atoms with Crippen LogP contribution in [0, 0.1) is 11.3 Å². The summed E-state index contributed by atoms with van der Waals surface area (Å²) in [6.45, 7) is 3.38. The number of likely N-dealkylation sites (tertiary alicyclic amines) is 1. The SMILES string of the molecule is N#CCCCCN1CCC(=C2c3ccccc3C=Cc3ccccc32)CC1. The third-order valence-electron chi connectivity index (χ3n) is 5.73. The van der Waals surface area contributed by atoms with Crippen LogP contribution in [0.5, 0.6) is 0 Å². The number of piperidine rings is 1. The lowest BCUT2D eigenvalue weighted by Crippen LogP contribution is -2.32. The molecule has 2 aromatic carbocycles. The summed E-state index contributed by atoms with van der Waals surface area (Å²) >= 11 is 0. The summed E-state index contributed by atoms with van der Waals surface area (Å²) in [5.41, 5.74) is 8.42. The van der Waals surface area contributed by atoms with E-state index in [2.05, 4.69) is 71.7 Å². The van der Waals surface area contributed by atoms with Crippen molar-refractivity contribution in [1.82, 2.24) is 4.90 Å². The summed E-state index contributed by atoms with van der Waals surface area (Å²) in [4.78, 5) is 2.56. The molecule has 2 aromatic rings. The van der Waals surface area contributed by atoms with Crippen LogP contribution in [0.2, 0.25) is 0 Å². The first-order chi connectivity index (χ1) is 13.4. The highest BCUT2D eigenvalue weighted by molar-refractivity contribution is 5.94. The predicted octanol–water partition coefficient (Wildman–Crippen LogP) is 5.76. The van der Waals surface area contributed by atoms with E-state index in [1.54, 1.807) is 5.57 Å². The van der Waals surface area contributed by atoms with Gasteiger partial charge in [-0.05, 0) is 60.1 Å². The van der Waals surface area contributed by atoms with Crippen LogP contribution in [0.3, 0.4) is 0 Å². The average molecular weight is 354 g/mol. The maximum Gasteiger partial charge on any atom is 0.0621 e. The summed E-state index contributed by atoms with van der Waals surface area (Å²) in [5, 5.41) is 8.69. The molecule has 1 aliphatic heterocycles. The molecule has 1 saturated heterocycles. The van der Waals surface area contributed by atoms with Crippen LogP contribution in [0.1, 0.15) is 54.4 Å². The normalized spacial score (nSPS) is 16.4. The molecule has 2 nitrogen and oxygen atoms in total. The zero-order chi connectivity index (χ0) is 18.5. The molecule has 0 radical (unpaired) electrons. The van der Waals surface area contributed by atoms with Gasteiger partial charge in [0.1, 0.15) is 0 Å². The lowest BCUT2D eigenvalue weighted by atomic mass is 9.86. The molecule has 4 rings (SSSR count). The van der Waals surface area contributed by atoms with Crippen LogP contribution < -0.4 is 0 Å². The van der Waals surface area contributed by atoms with E-state index in [9.17, 15) is 0 Å². The van der Waals surface area contributed by atoms with Crippen molar-refractivity contribution in [3.63, 3.8) is 0 Å². The molecule has 0 saturated carbocycles. The number of benzene rings is 2. The fourth-order valence-electron chi connectivity index (χ4n) is 4.28. The van der Waals surface area contributed by atoms with Gasteiger partial charge in [0.15, 0.2) is 0 Å². The standard InChI is InChI=1S/C25H26N2/c26-16-6-1-7-17-27-18-14-22(15-19-27)25-23-10-4-2-8-20(23)12-13-21-9-3-5-11-24(21)25/h2-5,8-13H,1,6-7,14-15,17-19H2. The zero-order valence-corrected chi connectivity index (χ0v) is 15.8. The first kappa shape index (κ1) is 17.8. The second-order valence-electron chi connectivity index (χ2n) is 7.44. The van der Waals surface area contributed by atoms with Crippen LogP contribution in [-0.4, -0.2) is 24.5 Å². The van der Waals surface area contributed by atoms with Gasteiger partial charge in [-0.3, -0.25) is 0 Å². The van der Waals surface area contributed by atoms with Gasteiger partial charge in [0.05, 0.1) is 6.07 Å². The number of fused-ring (bicyclic) bond motifs is 2. The van der Waals surface area contributed by atoms with Crippen molar-refractivity contribution in [1.29, 1.82) is 5.26 Å². The Morgan fingerprint density at radius 1 is 0.815 bits per heavy atom. The van der Waals surface area contributed by atoms with Crippen LogP contribution >= 0.6 is 0 Å². The second-order valence-corrected chi connectivity index (χ2v) is 7.44. The molecule has 2 heteroatoms. The van der Waals surface area contributed by atoms with Gasteiger partial charge >= 0.3 is 0 Å². The summed E-state index contributed by atoms with van der Waals surface area (Å²) in [5.74, 6) is 0. The highest BCUT2D eigenvalue weighted by Crippen LogP contribution is 2.38. The van der Waals surface area contributed by atoms with Crippen molar-refractivity contribution < 1.29 is 0 Å². The Labute approximate surface area is 162 Å². The largest absolute Gasteiger partial charge is 0.303 e. The molecule has 27 heavy (non-hydrogen) atoms. The van der Waals surface area contributed by atoms with Crippen LogP contribution in [0.4, 0.5) is 0 Å². The molecule has 0 bridgehead atoms. The van der Waals surface area contributed by atoms with Gasteiger partial charge in [-0.25, -0.2) is 0 Å². The monoisotopic (exact) mass is 354 g/mol. The lowest BCUT2D eigenvalue weighted by molar-refractivity contribution is 0.252. The molecule has 0 unspecified atom stereocenters.